The summed E-state index contributed by atoms with van der Waals surface area (Å²) in [7, 11) is 3.85. The molecular weight excluding hydrogens is 360 g/mol. The van der Waals surface area contributed by atoms with Crippen molar-refractivity contribution in [1.82, 2.24) is 19.6 Å². The molecule has 0 saturated carbocycles. The predicted molar refractivity (Wildman–Crippen MR) is 108 cm³/mol. The summed E-state index contributed by atoms with van der Waals surface area (Å²) in [6, 6.07) is 4.47. The molecule has 148 valence electrons. The Bertz CT molecular complexity index is 765. The summed E-state index contributed by atoms with van der Waals surface area (Å²) in [6.07, 6.45) is 0. The van der Waals surface area contributed by atoms with Crippen molar-refractivity contribution in [3.05, 3.63) is 39.3 Å². The van der Waals surface area contributed by atoms with Gasteiger partial charge in [0.05, 0.1) is 30.9 Å². The fourth-order valence-electron chi connectivity index (χ4n) is 3.98. The van der Waals surface area contributed by atoms with Crippen molar-refractivity contribution in [3.8, 4) is 0 Å². The molecule has 1 fully saturated rings. The minimum Gasteiger partial charge on any atom is -0.379 e. The van der Waals surface area contributed by atoms with E-state index in [0.717, 1.165) is 43.3 Å². The van der Waals surface area contributed by atoms with Crippen molar-refractivity contribution in [2.45, 2.75) is 32.7 Å². The van der Waals surface area contributed by atoms with E-state index in [0.29, 0.717) is 6.54 Å². The number of carbonyl (C=O) groups excluding carboxylic acids is 1. The molecule has 1 saturated heterocycles. The summed E-state index contributed by atoms with van der Waals surface area (Å²) in [5.41, 5.74) is 3.05. The van der Waals surface area contributed by atoms with Crippen LogP contribution in [-0.4, -0.2) is 65.4 Å². The highest BCUT2D eigenvalue weighted by molar-refractivity contribution is 7.10. The van der Waals surface area contributed by atoms with E-state index in [1.54, 1.807) is 11.3 Å². The molecule has 0 unspecified atom stereocenters. The van der Waals surface area contributed by atoms with Crippen LogP contribution in [0.25, 0.3) is 0 Å². The second-order valence-corrected chi connectivity index (χ2v) is 8.31. The number of ether oxygens (including phenoxy) is 1. The lowest BCUT2D eigenvalue weighted by Gasteiger charge is -2.36. The molecule has 1 amide bonds. The molecule has 6 nitrogen and oxygen atoms in total. The molecule has 0 radical (unpaired) electrons. The fourth-order valence-corrected chi connectivity index (χ4v) is 4.83. The van der Waals surface area contributed by atoms with Crippen LogP contribution in [0.3, 0.4) is 0 Å². The molecule has 1 aliphatic rings. The predicted octanol–water partition coefficient (Wildman–Crippen LogP) is 2.73. The van der Waals surface area contributed by atoms with Crippen molar-refractivity contribution < 1.29 is 9.53 Å². The fraction of sp³-hybridized carbons (Fsp3) is 0.600. The number of hydrogen-bond donors (Lipinski definition) is 0. The van der Waals surface area contributed by atoms with Gasteiger partial charge < -0.3 is 9.64 Å². The van der Waals surface area contributed by atoms with Crippen LogP contribution in [-0.2, 0) is 16.6 Å². The Balaban J connectivity index is 1.76. The van der Waals surface area contributed by atoms with E-state index in [4.69, 9.17) is 4.74 Å². The van der Waals surface area contributed by atoms with Crippen LogP contribution < -0.4 is 0 Å². The largest absolute Gasteiger partial charge is 0.379 e. The van der Waals surface area contributed by atoms with Gasteiger partial charge in [-0.15, -0.1) is 11.3 Å². The second-order valence-electron chi connectivity index (χ2n) is 7.33. The monoisotopic (exact) mass is 390 g/mol. The zero-order chi connectivity index (χ0) is 19.6. The first-order valence-electron chi connectivity index (χ1n) is 9.50. The third-order valence-electron chi connectivity index (χ3n) is 5.55. The van der Waals surface area contributed by atoms with E-state index in [1.165, 1.54) is 4.88 Å². The van der Waals surface area contributed by atoms with E-state index in [1.807, 2.05) is 44.4 Å². The molecule has 3 rings (SSSR count). The third kappa shape index (κ3) is 4.25. The zero-order valence-corrected chi connectivity index (χ0v) is 17.8. The number of rotatable bonds is 6. The highest BCUT2D eigenvalue weighted by Gasteiger charge is 2.30. The molecule has 3 heterocycles. The maximum Gasteiger partial charge on any atom is 0.229 e. The van der Waals surface area contributed by atoms with Gasteiger partial charge in [0.2, 0.25) is 5.91 Å². The Morgan fingerprint density at radius 3 is 2.63 bits per heavy atom. The molecule has 27 heavy (non-hydrogen) atoms. The summed E-state index contributed by atoms with van der Waals surface area (Å²) in [4.78, 5) is 18.8. The van der Waals surface area contributed by atoms with Crippen LogP contribution >= 0.6 is 11.3 Å². The van der Waals surface area contributed by atoms with Gasteiger partial charge in [0.15, 0.2) is 0 Å². The first-order valence-corrected chi connectivity index (χ1v) is 10.4. The summed E-state index contributed by atoms with van der Waals surface area (Å²) in [6.45, 7) is 10.00. The van der Waals surface area contributed by atoms with Crippen LogP contribution in [0.5, 0.6) is 0 Å². The maximum absolute atomic E-state index is 13.2. The number of morpholine rings is 1. The van der Waals surface area contributed by atoms with Crippen LogP contribution in [0.4, 0.5) is 0 Å². The zero-order valence-electron chi connectivity index (χ0n) is 16.9. The van der Waals surface area contributed by atoms with Gasteiger partial charge in [-0.25, -0.2) is 0 Å². The van der Waals surface area contributed by atoms with Crippen LogP contribution in [0, 0.1) is 13.8 Å². The maximum atomic E-state index is 13.2. The molecular formula is C20H30N4O2S. The van der Waals surface area contributed by atoms with Crippen molar-refractivity contribution >= 4 is 17.2 Å². The lowest BCUT2D eigenvalue weighted by Crippen LogP contribution is -2.44. The number of hydrogen-bond acceptors (Lipinski definition) is 5. The highest BCUT2D eigenvalue weighted by Crippen LogP contribution is 2.29. The van der Waals surface area contributed by atoms with Crippen LogP contribution in [0.15, 0.2) is 17.5 Å². The van der Waals surface area contributed by atoms with Crippen molar-refractivity contribution in [1.29, 1.82) is 0 Å². The summed E-state index contributed by atoms with van der Waals surface area (Å²) < 4.78 is 7.37. The number of carbonyl (C=O) groups is 1. The van der Waals surface area contributed by atoms with E-state index >= 15 is 0 Å². The average molecular weight is 391 g/mol. The number of thiophene rings is 1. The van der Waals surface area contributed by atoms with Crippen LogP contribution in [0.2, 0.25) is 0 Å². The van der Waals surface area contributed by atoms with E-state index in [9.17, 15) is 4.79 Å². The molecule has 2 aromatic rings. The normalized spacial score (nSPS) is 17.7. The van der Waals surface area contributed by atoms with Crippen molar-refractivity contribution in [3.63, 3.8) is 0 Å². The molecule has 7 heteroatoms. The minimum absolute atomic E-state index is 0.143. The highest BCUT2D eigenvalue weighted by atomic mass is 32.1. The Hall–Kier alpha value is -1.70. The number of amides is 1. The third-order valence-corrected chi connectivity index (χ3v) is 6.52. The first kappa shape index (κ1) is 20.0. The Kier molecular flexibility index (Phi) is 6.34. The quantitative estimate of drug-likeness (QED) is 0.761. The minimum atomic E-state index is -0.197. The molecule has 2 aromatic heterocycles. The lowest BCUT2D eigenvalue weighted by molar-refractivity contribution is -0.132. The van der Waals surface area contributed by atoms with Crippen molar-refractivity contribution in [2.24, 2.45) is 7.05 Å². The smallest absolute Gasteiger partial charge is 0.229 e. The molecule has 0 bridgehead atoms. The Labute approximate surface area is 165 Å². The van der Waals surface area contributed by atoms with Gasteiger partial charge in [0.1, 0.15) is 0 Å². The van der Waals surface area contributed by atoms with Gasteiger partial charge in [0, 0.05) is 49.9 Å². The number of aryl methyl sites for hydroxylation is 2. The van der Waals surface area contributed by atoms with Gasteiger partial charge in [-0.1, -0.05) is 6.07 Å². The lowest BCUT2D eigenvalue weighted by atomic mass is 9.97. The summed E-state index contributed by atoms with van der Waals surface area (Å²) in [5, 5.41) is 6.58. The molecule has 1 aliphatic heterocycles. The van der Waals surface area contributed by atoms with Crippen LogP contribution in [0.1, 0.15) is 40.7 Å². The summed E-state index contributed by atoms with van der Waals surface area (Å²) >= 11 is 1.76. The van der Waals surface area contributed by atoms with E-state index < -0.39 is 0 Å². The average Bonchev–Trinajstić information content (AvgIpc) is 3.28. The molecule has 2 atom stereocenters. The molecule has 0 aromatic carbocycles. The molecule has 0 N–H and O–H groups in total. The molecule has 0 spiro atoms. The van der Waals surface area contributed by atoms with Gasteiger partial charge >= 0.3 is 0 Å². The number of nitrogens with zero attached hydrogens (tertiary/aromatic N) is 4. The van der Waals surface area contributed by atoms with Gasteiger partial charge in [-0.05, 0) is 32.2 Å². The van der Waals surface area contributed by atoms with Gasteiger partial charge in [-0.3, -0.25) is 14.4 Å². The van der Waals surface area contributed by atoms with Gasteiger partial charge in [-0.2, -0.15) is 5.10 Å². The molecule has 0 aliphatic carbocycles. The van der Waals surface area contributed by atoms with E-state index in [-0.39, 0.29) is 17.9 Å². The second kappa shape index (κ2) is 8.54. The van der Waals surface area contributed by atoms with E-state index in [2.05, 4.69) is 27.5 Å². The van der Waals surface area contributed by atoms with Crippen molar-refractivity contribution in [2.75, 3.05) is 39.9 Å². The Morgan fingerprint density at radius 1 is 1.37 bits per heavy atom. The number of aromatic nitrogens is 2. The Morgan fingerprint density at radius 2 is 2.07 bits per heavy atom. The number of likely N-dealkylation sites (N-methyl/N-ethyl adjacent to an activating group) is 1. The summed E-state index contributed by atoms with van der Waals surface area (Å²) in [5.74, 6) is -0.0543. The first-order chi connectivity index (χ1) is 12.9. The standard InChI is InChI=1S/C20H30N4O2S/c1-14(19-15(2)21-23(5)16(19)3)20(25)22(4)13-17(18-7-6-12-27-18)24-8-10-26-11-9-24/h6-7,12,14,17H,8-11,13H2,1-5H3/t14-,17+/m0/s1. The van der Waals surface area contributed by atoms with Gasteiger partial charge in [0.25, 0.3) is 0 Å². The topological polar surface area (TPSA) is 50.6 Å². The SMILES string of the molecule is Cc1nn(C)c(C)c1[C@H](C)C(=O)N(C)C[C@H](c1cccs1)N1CCOCC1.